The number of piperazine rings is 1. The maximum Gasteiger partial charge on any atom is 0.222 e. The normalized spacial score (nSPS) is 22.1. The third-order valence-electron chi connectivity index (χ3n) is 4.69. The SMILES string of the molecule is O=C(CCC1CCCN1)N1CCN(c2ccccc2F)CC1. The van der Waals surface area contributed by atoms with Crippen LogP contribution in [-0.4, -0.2) is 49.6 Å². The molecule has 0 radical (unpaired) electrons. The monoisotopic (exact) mass is 305 g/mol. The Balaban J connectivity index is 1.46. The minimum absolute atomic E-state index is 0.186. The van der Waals surface area contributed by atoms with Gasteiger partial charge >= 0.3 is 0 Å². The Kier molecular flexibility index (Phi) is 4.93. The van der Waals surface area contributed by atoms with Crippen LogP contribution in [-0.2, 0) is 4.79 Å². The van der Waals surface area contributed by atoms with E-state index in [1.54, 1.807) is 12.1 Å². The number of amides is 1. The number of rotatable bonds is 4. The van der Waals surface area contributed by atoms with Crippen molar-refractivity contribution in [2.75, 3.05) is 37.6 Å². The van der Waals surface area contributed by atoms with Crippen molar-refractivity contribution in [2.24, 2.45) is 0 Å². The average Bonchev–Trinajstić information content (AvgIpc) is 3.07. The number of carbonyl (C=O) groups excluding carboxylic acids is 1. The number of benzene rings is 1. The van der Waals surface area contributed by atoms with Crippen LogP contribution < -0.4 is 10.2 Å². The zero-order valence-corrected chi connectivity index (χ0v) is 12.9. The van der Waals surface area contributed by atoms with Crippen LogP contribution in [0.15, 0.2) is 24.3 Å². The highest BCUT2D eigenvalue weighted by atomic mass is 19.1. The molecule has 2 heterocycles. The molecule has 0 spiro atoms. The topological polar surface area (TPSA) is 35.6 Å². The summed E-state index contributed by atoms with van der Waals surface area (Å²) >= 11 is 0. The van der Waals surface area contributed by atoms with Gasteiger partial charge in [-0.05, 0) is 37.9 Å². The minimum Gasteiger partial charge on any atom is -0.366 e. The van der Waals surface area contributed by atoms with E-state index >= 15 is 0 Å². The van der Waals surface area contributed by atoms with E-state index in [1.807, 2.05) is 15.9 Å². The number of carbonyl (C=O) groups is 1. The number of hydrogen-bond donors (Lipinski definition) is 1. The first kappa shape index (κ1) is 15.3. The van der Waals surface area contributed by atoms with Gasteiger partial charge in [-0.15, -0.1) is 0 Å². The molecule has 1 aromatic rings. The van der Waals surface area contributed by atoms with Gasteiger partial charge in [-0.1, -0.05) is 12.1 Å². The van der Waals surface area contributed by atoms with Crippen LogP contribution in [0.25, 0.3) is 0 Å². The summed E-state index contributed by atoms with van der Waals surface area (Å²) in [4.78, 5) is 16.2. The molecule has 3 rings (SSSR count). The zero-order chi connectivity index (χ0) is 15.4. The highest BCUT2D eigenvalue weighted by Crippen LogP contribution is 2.20. The number of halogens is 1. The maximum atomic E-state index is 13.8. The van der Waals surface area contributed by atoms with E-state index in [-0.39, 0.29) is 11.7 Å². The lowest BCUT2D eigenvalue weighted by Crippen LogP contribution is -2.49. The molecular weight excluding hydrogens is 281 g/mol. The van der Waals surface area contributed by atoms with E-state index in [2.05, 4.69) is 5.32 Å². The van der Waals surface area contributed by atoms with Gasteiger partial charge in [0.15, 0.2) is 0 Å². The molecule has 1 N–H and O–H groups in total. The number of anilines is 1. The van der Waals surface area contributed by atoms with Crippen molar-refractivity contribution in [1.82, 2.24) is 10.2 Å². The molecule has 0 saturated carbocycles. The van der Waals surface area contributed by atoms with Crippen molar-refractivity contribution < 1.29 is 9.18 Å². The molecule has 2 saturated heterocycles. The summed E-state index contributed by atoms with van der Waals surface area (Å²) in [5.74, 6) is 0.0523. The highest BCUT2D eigenvalue weighted by molar-refractivity contribution is 5.76. The maximum absolute atomic E-state index is 13.8. The van der Waals surface area contributed by atoms with Gasteiger partial charge in [0.05, 0.1) is 5.69 Å². The second-order valence-corrected chi connectivity index (χ2v) is 6.15. The number of hydrogen-bond acceptors (Lipinski definition) is 3. The lowest BCUT2D eigenvalue weighted by molar-refractivity contribution is -0.131. The smallest absolute Gasteiger partial charge is 0.222 e. The molecule has 4 nitrogen and oxygen atoms in total. The molecular formula is C17H24FN3O. The molecule has 120 valence electrons. The lowest BCUT2D eigenvalue weighted by atomic mass is 10.1. The predicted octanol–water partition coefficient (Wildman–Crippen LogP) is 2.01. The van der Waals surface area contributed by atoms with Crippen LogP contribution in [0.1, 0.15) is 25.7 Å². The summed E-state index contributed by atoms with van der Waals surface area (Å²) in [5.41, 5.74) is 0.643. The van der Waals surface area contributed by atoms with Crippen molar-refractivity contribution in [1.29, 1.82) is 0 Å². The molecule has 1 atom stereocenters. The highest BCUT2D eigenvalue weighted by Gasteiger charge is 2.23. The summed E-state index contributed by atoms with van der Waals surface area (Å²) in [6.07, 6.45) is 3.97. The molecule has 2 aliphatic rings. The molecule has 2 fully saturated rings. The molecule has 5 heteroatoms. The Bertz CT molecular complexity index is 508. The fourth-order valence-corrected chi connectivity index (χ4v) is 3.36. The molecule has 0 bridgehead atoms. The first-order valence-corrected chi connectivity index (χ1v) is 8.24. The van der Waals surface area contributed by atoms with Crippen molar-refractivity contribution in [2.45, 2.75) is 31.7 Å². The van der Waals surface area contributed by atoms with Gasteiger partial charge in [0, 0.05) is 38.6 Å². The molecule has 1 amide bonds. The summed E-state index contributed by atoms with van der Waals surface area (Å²) in [5, 5.41) is 3.43. The fourth-order valence-electron chi connectivity index (χ4n) is 3.36. The second kappa shape index (κ2) is 7.09. The Hall–Kier alpha value is -1.62. The van der Waals surface area contributed by atoms with Crippen LogP contribution in [0.4, 0.5) is 10.1 Å². The third-order valence-corrected chi connectivity index (χ3v) is 4.69. The third kappa shape index (κ3) is 3.58. The summed E-state index contributed by atoms with van der Waals surface area (Å²) < 4.78 is 13.8. The van der Waals surface area contributed by atoms with Crippen LogP contribution in [0, 0.1) is 5.82 Å². The molecule has 0 aliphatic carbocycles. The van der Waals surface area contributed by atoms with Gasteiger partial charge in [0.25, 0.3) is 0 Å². The van der Waals surface area contributed by atoms with Gasteiger partial charge < -0.3 is 15.1 Å². The van der Waals surface area contributed by atoms with Crippen LogP contribution >= 0.6 is 0 Å². The first-order valence-electron chi connectivity index (χ1n) is 8.24. The van der Waals surface area contributed by atoms with Gasteiger partial charge in [0.1, 0.15) is 5.82 Å². The molecule has 1 aromatic carbocycles. The number of nitrogens with one attached hydrogen (secondary N) is 1. The van der Waals surface area contributed by atoms with Gasteiger partial charge in [-0.25, -0.2) is 4.39 Å². The van der Waals surface area contributed by atoms with E-state index in [0.717, 1.165) is 13.0 Å². The molecule has 1 unspecified atom stereocenters. The summed E-state index contributed by atoms with van der Waals surface area (Å²) in [7, 11) is 0. The van der Waals surface area contributed by atoms with Crippen molar-refractivity contribution in [3.05, 3.63) is 30.1 Å². The summed E-state index contributed by atoms with van der Waals surface area (Å²) in [6.45, 7) is 3.86. The Morgan fingerprint density at radius 2 is 2.00 bits per heavy atom. The van der Waals surface area contributed by atoms with E-state index in [9.17, 15) is 9.18 Å². The zero-order valence-electron chi connectivity index (χ0n) is 12.9. The quantitative estimate of drug-likeness (QED) is 0.924. The molecule has 22 heavy (non-hydrogen) atoms. The van der Waals surface area contributed by atoms with E-state index < -0.39 is 0 Å². The Morgan fingerprint density at radius 1 is 1.23 bits per heavy atom. The predicted molar refractivity (Wildman–Crippen MR) is 85.5 cm³/mol. The van der Waals surface area contributed by atoms with Crippen LogP contribution in [0.2, 0.25) is 0 Å². The Labute approximate surface area is 131 Å². The van der Waals surface area contributed by atoms with Gasteiger partial charge in [-0.2, -0.15) is 0 Å². The lowest BCUT2D eigenvalue weighted by Gasteiger charge is -2.36. The first-order chi connectivity index (χ1) is 10.7. The molecule has 0 aromatic heterocycles. The minimum atomic E-state index is -0.186. The number of nitrogens with zero attached hydrogens (tertiary/aromatic N) is 2. The van der Waals surface area contributed by atoms with Crippen LogP contribution in [0.5, 0.6) is 0 Å². The fraction of sp³-hybridized carbons (Fsp3) is 0.588. The van der Waals surface area contributed by atoms with Crippen molar-refractivity contribution >= 4 is 11.6 Å². The van der Waals surface area contributed by atoms with E-state index in [0.29, 0.717) is 44.3 Å². The van der Waals surface area contributed by atoms with Crippen molar-refractivity contribution in [3.8, 4) is 0 Å². The van der Waals surface area contributed by atoms with Gasteiger partial charge in [0.2, 0.25) is 5.91 Å². The van der Waals surface area contributed by atoms with Gasteiger partial charge in [-0.3, -0.25) is 4.79 Å². The summed E-state index contributed by atoms with van der Waals surface area (Å²) in [6, 6.07) is 7.36. The average molecular weight is 305 g/mol. The standard InChI is InChI=1S/C17H24FN3O/c18-15-5-1-2-6-16(15)20-10-12-21(13-11-20)17(22)8-7-14-4-3-9-19-14/h1-2,5-6,14,19H,3-4,7-13H2. The Morgan fingerprint density at radius 3 is 2.68 bits per heavy atom. The van der Waals surface area contributed by atoms with Crippen molar-refractivity contribution in [3.63, 3.8) is 0 Å². The van der Waals surface area contributed by atoms with E-state index in [1.165, 1.54) is 18.9 Å². The number of para-hydroxylation sites is 1. The molecule has 2 aliphatic heterocycles. The largest absolute Gasteiger partial charge is 0.366 e. The van der Waals surface area contributed by atoms with E-state index in [4.69, 9.17) is 0 Å². The van der Waals surface area contributed by atoms with Crippen LogP contribution in [0.3, 0.4) is 0 Å². The second-order valence-electron chi connectivity index (χ2n) is 6.15.